The minimum atomic E-state index is 0.284. The van der Waals surface area contributed by atoms with Crippen LogP contribution in [-0.4, -0.2) is 15.0 Å². The quantitative estimate of drug-likeness (QED) is 0.686. The van der Waals surface area contributed by atoms with Gasteiger partial charge >= 0.3 is 0 Å². The first kappa shape index (κ1) is 7.55. The van der Waals surface area contributed by atoms with E-state index in [9.17, 15) is 0 Å². The number of fused-ring (bicyclic) bond motifs is 1. The van der Waals surface area contributed by atoms with Crippen molar-refractivity contribution in [1.29, 1.82) is 0 Å². The fraction of sp³-hybridized carbons (Fsp3) is 0.250. The molecule has 2 aromatic heterocycles. The van der Waals surface area contributed by atoms with Crippen molar-refractivity contribution in [2.45, 2.75) is 13.3 Å². The molecule has 0 amide bonds. The first-order valence-corrected chi connectivity index (χ1v) is 4.17. The van der Waals surface area contributed by atoms with Crippen molar-refractivity contribution in [3.05, 3.63) is 23.2 Å². The highest BCUT2D eigenvalue weighted by Gasteiger charge is 2.03. The maximum atomic E-state index is 5.63. The Morgan fingerprint density at radius 1 is 1.58 bits per heavy atom. The summed E-state index contributed by atoms with van der Waals surface area (Å²) in [6.45, 7) is 2.09. The number of aromatic amines is 1. The third-order valence-electron chi connectivity index (χ3n) is 1.87. The van der Waals surface area contributed by atoms with Gasteiger partial charge in [0.25, 0.3) is 0 Å². The van der Waals surface area contributed by atoms with Crippen LogP contribution in [0.1, 0.15) is 12.5 Å². The number of nitrogens with zero attached hydrogens (tertiary/aromatic N) is 2. The van der Waals surface area contributed by atoms with Gasteiger partial charge in [-0.05, 0) is 23.6 Å². The summed E-state index contributed by atoms with van der Waals surface area (Å²) in [5.74, 6) is 0. The number of aromatic nitrogens is 3. The lowest BCUT2D eigenvalue weighted by molar-refractivity contribution is 1.15. The fourth-order valence-electron chi connectivity index (χ4n) is 1.23. The Hall–Kier alpha value is -1.09. The molecule has 0 atom stereocenters. The summed E-state index contributed by atoms with van der Waals surface area (Å²) in [4.78, 5) is 11.0. The second-order valence-corrected chi connectivity index (χ2v) is 2.91. The number of hydrogen-bond donors (Lipinski definition) is 1. The number of hydrogen-bond acceptors (Lipinski definition) is 2. The lowest BCUT2D eigenvalue weighted by atomic mass is 10.2. The van der Waals surface area contributed by atoms with Crippen LogP contribution in [0.2, 0.25) is 5.28 Å². The third-order valence-corrected chi connectivity index (χ3v) is 2.05. The Morgan fingerprint density at radius 3 is 3.17 bits per heavy atom. The molecule has 4 heteroatoms. The van der Waals surface area contributed by atoms with Crippen molar-refractivity contribution in [1.82, 2.24) is 15.0 Å². The Balaban J connectivity index is 2.73. The zero-order chi connectivity index (χ0) is 8.55. The monoisotopic (exact) mass is 181 g/mol. The van der Waals surface area contributed by atoms with E-state index in [0.717, 1.165) is 17.5 Å². The van der Waals surface area contributed by atoms with Crippen LogP contribution in [0.15, 0.2) is 12.4 Å². The van der Waals surface area contributed by atoms with Gasteiger partial charge in [-0.3, -0.25) is 0 Å². The predicted molar refractivity (Wildman–Crippen MR) is 48.3 cm³/mol. The average molecular weight is 182 g/mol. The minimum absolute atomic E-state index is 0.284. The highest BCUT2D eigenvalue weighted by Crippen LogP contribution is 2.16. The Morgan fingerprint density at radius 2 is 2.42 bits per heavy atom. The summed E-state index contributed by atoms with van der Waals surface area (Å²) in [6, 6.07) is 0. The summed E-state index contributed by atoms with van der Waals surface area (Å²) in [5, 5.41) is 1.34. The van der Waals surface area contributed by atoms with E-state index >= 15 is 0 Å². The number of H-pyrrole nitrogens is 1. The Labute approximate surface area is 74.8 Å². The molecule has 12 heavy (non-hydrogen) atoms. The topological polar surface area (TPSA) is 41.6 Å². The summed E-state index contributed by atoms with van der Waals surface area (Å²) in [6.07, 6.45) is 4.67. The summed E-state index contributed by atoms with van der Waals surface area (Å²) in [5.41, 5.74) is 2.04. The first-order valence-electron chi connectivity index (χ1n) is 3.79. The highest BCUT2D eigenvalue weighted by molar-refractivity contribution is 6.28. The molecule has 0 saturated carbocycles. The summed E-state index contributed by atoms with van der Waals surface area (Å²) < 4.78 is 0. The lowest BCUT2D eigenvalue weighted by Crippen LogP contribution is -1.82. The molecule has 0 unspecified atom stereocenters. The van der Waals surface area contributed by atoms with E-state index in [1.54, 1.807) is 6.20 Å². The number of nitrogens with one attached hydrogen (secondary N) is 1. The molecule has 0 spiro atoms. The Kier molecular flexibility index (Phi) is 1.73. The van der Waals surface area contributed by atoms with E-state index in [1.807, 2.05) is 6.20 Å². The van der Waals surface area contributed by atoms with Gasteiger partial charge in [-0.25, -0.2) is 4.98 Å². The molecular weight excluding hydrogens is 174 g/mol. The maximum Gasteiger partial charge on any atom is 0.224 e. The molecule has 0 fully saturated rings. The van der Waals surface area contributed by atoms with Gasteiger partial charge < -0.3 is 4.98 Å². The maximum absolute atomic E-state index is 5.63. The van der Waals surface area contributed by atoms with Gasteiger partial charge in [0.2, 0.25) is 5.28 Å². The third kappa shape index (κ3) is 1.06. The highest BCUT2D eigenvalue weighted by atomic mass is 35.5. The van der Waals surface area contributed by atoms with E-state index in [1.165, 1.54) is 5.56 Å². The summed E-state index contributed by atoms with van der Waals surface area (Å²) in [7, 11) is 0. The van der Waals surface area contributed by atoms with Crippen LogP contribution in [0.4, 0.5) is 0 Å². The van der Waals surface area contributed by atoms with Crippen LogP contribution in [-0.2, 0) is 6.42 Å². The molecule has 0 aromatic carbocycles. The second kappa shape index (κ2) is 2.75. The molecule has 0 saturated heterocycles. The smallest absolute Gasteiger partial charge is 0.224 e. The SMILES string of the molecule is CCc1c[nH]c2nc(Cl)ncc12. The lowest BCUT2D eigenvalue weighted by Gasteiger charge is -1.91. The van der Waals surface area contributed by atoms with E-state index in [2.05, 4.69) is 21.9 Å². The van der Waals surface area contributed by atoms with Crippen molar-refractivity contribution < 1.29 is 0 Å². The van der Waals surface area contributed by atoms with Gasteiger partial charge in [0.05, 0.1) is 0 Å². The van der Waals surface area contributed by atoms with Crippen LogP contribution in [0, 0.1) is 0 Å². The van der Waals surface area contributed by atoms with Crippen molar-refractivity contribution >= 4 is 22.6 Å². The molecule has 0 aliphatic heterocycles. The fourth-order valence-corrected chi connectivity index (χ4v) is 1.36. The molecule has 0 radical (unpaired) electrons. The molecule has 2 heterocycles. The molecule has 0 aliphatic rings. The minimum Gasteiger partial charge on any atom is -0.346 e. The van der Waals surface area contributed by atoms with E-state index in [4.69, 9.17) is 11.6 Å². The van der Waals surface area contributed by atoms with Gasteiger partial charge in [-0.1, -0.05) is 6.92 Å². The van der Waals surface area contributed by atoms with Crippen LogP contribution in [0.5, 0.6) is 0 Å². The Bertz CT molecular complexity index is 408. The van der Waals surface area contributed by atoms with Crippen LogP contribution >= 0.6 is 11.6 Å². The molecule has 0 aliphatic carbocycles. The zero-order valence-electron chi connectivity index (χ0n) is 6.63. The van der Waals surface area contributed by atoms with Crippen molar-refractivity contribution in [3.63, 3.8) is 0 Å². The van der Waals surface area contributed by atoms with E-state index in [-0.39, 0.29) is 5.28 Å². The van der Waals surface area contributed by atoms with Crippen molar-refractivity contribution in [3.8, 4) is 0 Å². The summed E-state index contributed by atoms with van der Waals surface area (Å²) >= 11 is 5.63. The number of aryl methyl sites for hydroxylation is 1. The van der Waals surface area contributed by atoms with Gasteiger partial charge in [0.15, 0.2) is 0 Å². The average Bonchev–Trinajstić information content (AvgIpc) is 2.46. The molecule has 3 nitrogen and oxygen atoms in total. The predicted octanol–water partition coefficient (Wildman–Crippen LogP) is 2.17. The zero-order valence-corrected chi connectivity index (χ0v) is 7.39. The van der Waals surface area contributed by atoms with Gasteiger partial charge in [0.1, 0.15) is 5.65 Å². The molecule has 0 bridgehead atoms. The molecular formula is C8H8ClN3. The van der Waals surface area contributed by atoms with E-state index < -0.39 is 0 Å². The molecule has 2 rings (SSSR count). The second-order valence-electron chi connectivity index (χ2n) is 2.57. The van der Waals surface area contributed by atoms with Gasteiger partial charge in [-0.15, -0.1) is 0 Å². The first-order chi connectivity index (χ1) is 5.81. The van der Waals surface area contributed by atoms with E-state index in [0.29, 0.717) is 0 Å². The molecule has 62 valence electrons. The number of rotatable bonds is 1. The van der Waals surface area contributed by atoms with Crippen LogP contribution in [0.3, 0.4) is 0 Å². The van der Waals surface area contributed by atoms with Crippen LogP contribution < -0.4 is 0 Å². The van der Waals surface area contributed by atoms with Crippen LogP contribution in [0.25, 0.3) is 11.0 Å². The van der Waals surface area contributed by atoms with Gasteiger partial charge in [-0.2, -0.15) is 4.98 Å². The van der Waals surface area contributed by atoms with Crippen molar-refractivity contribution in [2.75, 3.05) is 0 Å². The molecule has 2 aromatic rings. The normalized spacial score (nSPS) is 10.8. The largest absolute Gasteiger partial charge is 0.346 e. The number of halogens is 1. The van der Waals surface area contributed by atoms with Crippen molar-refractivity contribution in [2.24, 2.45) is 0 Å². The molecule has 1 N–H and O–H groups in total. The van der Waals surface area contributed by atoms with Gasteiger partial charge in [0, 0.05) is 17.8 Å². The standard InChI is InChI=1S/C8H8ClN3/c1-2-5-3-10-7-6(5)4-11-8(9)12-7/h3-4H,2H2,1H3,(H,10,11,12).